The summed E-state index contributed by atoms with van der Waals surface area (Å²) >= 11 is 1.86. The molecule has 0 atom stereocenters. The first kappa shape index (κ1) is 36.7. The minimum atomic E-state index is -0.519. The van der Waals surface area contributed by atoms with Crippen molar-refractivity contribution in [1.29, 1.82) is 0 Å². The topological polar surface area (TPSA) is 8.17 Å². The molecule has 0 unspecified atom stereocenters. The maximum absolute atomic E-state index is 2.48. The normalized spacial score (nSPS) is 12.8. The molecule has 300 valence electrons. The molecule has 0 spiro atoms. The highest BCUT2D eigenvalue weighted by atomic mass is 32.1. The summed E-state index contributed by atoms with van der Waals surface area (Å²) in [6.45, 7) is 0. The van der Waals surface area contributed by atoms with E-state index in [-0.39, 0.29) is 0 Å². The molecular weight excluding hydrogens is 793 g/mol. The average molecular weight is 833 g/mol. The van der Waals surface area contributed by atoms with Gasteiger partial charge in [0.25, 0.3) is 0 Å². The van der Waals surface area contributed by atoms with Crippen LogP contribution in [0, 0.1) is 0 Å². The second kappa shape index (κ2) is 14.6. The minimum absolute atomic E-state index is 0.519. The molecule has 1 aliphatic carbocycles. The van der Waals surface area contributed by atoms with E-state index in [2.05, 4.69) is 252 Å². The fourth-order valence-electron chi connectivity index (χ4n) is 10.8. The van der Waals surface area contributed by atoms with Crippen LogP contribution in [0.4, 0.5) is 17.1 Å². The van der Waals surface area contributed by atoms with Crippen LogP contribution in [0.25, 0.3) is 69.9 Å². The van der Waals surface area contributed by atoms with Crippen LogP contribution in [0.5, 0.6) is 0 Å². The molecule has 2 heterocycles. The Balaban J connectivity index is 1.05. The molecule has 0 amide bonds. The average Bonchev–Trinajstić information content (AvgIpc) is 4.02. The van der Waals surface area contributed by atoms with Gasteiger partial charge in [-0.15, -0.1) is 11.3 Å². The zero-order valence-electron chi connectivity index (χ0n) is 34.9. The molecule has 10 aromatic carbocycles. The highest BCUT2D eigenvalue weighted by Crippen LogP contribution is 2.59. The summed E-state index contributed by atoms with van der Waals surface area (Å²) in [6.07, 6.45) is 0. The van der Waals surface area contributed by atoms with Gasteiger partial charge < -0.3 is 9.47 Å². The summed E-state index contributed by atoms with van der Waals surface area (Å²) in [5.74, 6) is 0. The van der Waals surface area contributed by atoms with Crippen LogP contribution in [-0.2, 0) is 5.41 Å². The number of benzene rings is 10. The molecule has 2 aromatic heterocycles. The zero-order valence-corrected chi connectivity index (χ0v) is 35.7. The number of rotatable bonds is 7. The molecule has 3 heteroatoms. The molecule has 1 aliphatic rings. The summed E-state index contributed by atoms with van der Waals surface area (Å²) in [4.78, 5) is 2.48. The van der Waals surface area contributed by atoms with Crippen LogP contribution < -0.4 is 4.90 Å². The third kappa shape index (κ3) is 5.44. The highest BCUT2D eigenvalue weighted by molar-refractivity contribution is 7.25. The Morgan fingerprint density at radius 3 is 1.69 bits per heavy atom. The van der Waals surface area contributed by atoms with Gasteiger partial charge in [-0.2, -0.15) is 0 Å². The van der Waals surface area contributed by atoms with Crippen molar-refractivity contribution in [3.05, 3.63) is 265 Å². The number of hydrogen-bond donors (Lipinski definition) is 0. The zero-order chi connectivity index (χ0) is 42.2. The number of para-hydroxylation sites is 2. The molecule has 0 radical (unpaired) electrons. The van der Waals surface area contributed by atoms with E-state index in [1.807, 2.05) is 11.3 Å². The Kier molecular flexibility index (Phi) is 8.34. The lowest BCUT2D eigenvalue weighted by Gasteiger charge is -2.34. The second-order valence-electron chi connectivity index (χ2n) is 16.8. The molecule has 0 fully saturated rings. The van der Waals surface area contributed by atoms with Crippen molar-refractivity contribution in [3.8, 4) is 27.9 Å². The molecule has 0 bridgehead atoms. The molecule has 0 N–H and O–H groups in total. The van der Waals surface area contributed by atoms with Gasteiger partial charge in [0.1, 0.15) is 0 Å². The highest BCUT2D eigenvalue weighted by Gasteiger charge is 2.47. The van der Waals surface area contributed by atoms with Crippen LogP contribution in [0.15, 0.2) is 243 Å². The number of nitrogens with zero attached hydrogens (tertiary/aromatic N) is 2. The Labute approximate surface area is 376 Å². The van der Waals surface area contributed by atoms with Crippen molar-refractivity contribution in [2.45, 2.75) is 5.41 Å². The van der Waals surface area contributed by atoms with E-state index in [1.54, 1.807) is 0 Å². The Morgan fingerprint density at radius 2 is 0.953 bits per heavy atom. The second-order valence-corrected chi connectivity index (χ2v) is 17.9. The molecule has 64 heavy (non-hydrogen) atoms. The lowest BCUT2D eigenvalue weighted by molar-refractivity contribution is 0.768. The summed E-state index contributed by atoms with van der Waals surface area (Å²) in [7, 11) is 0. The SMILES string of the molecule is c1ccc(C2(c3ccccc3)c3ccccc3-c3c(N(c4ccc(-c5ccc6sc7ccccc7c6c5)cc4)c4cccc(-n5c6ccccc6c6ccccc65)c4)cccc32)cc1. The maximum atomic E-state index is 2.48. The van der Waals surface area contributed by atoms with Crippen molar-refractivity contribution in [1.82, 2.24) is 4.57 Å². The lowest BCUT2D eigenvalue weighted by Crippen LogP contribution is -2.28. The van der Waals surface area contributed by atoms with Gasteiger partial charge in [0.15, 0.2) is 0 Å². The molecular formula is C61H40N2S. The molecule has 13 rings (SSSR count). The number of fused-ring (bicyclic) bond motifs is 9. The fraction of sp³-hybridized carbons (Fsp3) is 0.0164. The summed E-state index contributed by atoms with van der Waals surface area (Å²) in [5, 5.41) is 5.13. The number of thiophene rings is 1. The van der Waals surface area contributed by atoms with Crippen LogP contribution in [0.2, 0.25) is 0 Å². The minimum Gasteiger partial charge on any atom is -0.310 e. The summed E-state index contributed by atoms with van der Waals surface area (Å²) in [5.41, 5.74) is 16.3. The van der Waals surface area contributed by atoms with Gasteiger partial charge >= 0.3 is 0 Å². The van der Waals surface area contributed by atoms with E-state index in [4.69, 9.17) is 0 Å². The largest absolute Gasteiger partial charge is 0.310 e. The fourth-order valence-corrected chi connectivity index (χ4v) is 11.9. The Morgan fingerprint density at radius 1 is 0.375 bits per heavy atom. The third-order valence-electron chi connectivity index (χ3n) is 13.5. The van der Waals surface area contributed by atoms with Gasteiger partial charge in [-0.05, 0) is 106 Å². The van der Waals surface area contributed by atoms with Crippen LogP contribution in [-0.4, -0.2) is 4.57 Å². The molecule has 0 saturated carbocycles. The maximum Gasteiger partial charge on any atom is 0.0714 e. The van der Waals surface area contributed by atoms with Crippen molar-refractivity contribution in [3.63, 3.8) is 0 Å². The van der Waals surface area contributed by atoms with E-state index < -0.39 is 5.41 Å². The van der Waals surface area contributed by atoms with Gasteiger partial charge in [-0.3, -0.25) is 0 Å². The molecule has 12 aromatic rings. The Bertz CT molecular complexity index is 3640. The van der Waals surface area contributed by atoms with Gasteiger partial charge in [-0.1, -0.05) is 176 Å². The first-order valence-electron chi connectivity index (χ1n) is 22.0. The summed E-state index contributed by atoms with van der Waals surface area (Å²) < 4.78 is 5.06. The number of hydrogen-bond acceptors (Lipinski definition) is 2. The Hall–Kier alpha value is -7.98. The van der Waals surface area contributed by atoms with Gasteiger partial charge in [0.05, 0.1) is 22.1 Å². The molecule has 2 nitrogen and oxygen atoms in total. The predicted molar refractivity (Wildman–Crippen MR) is 271 cm³/mol. The van der Waals surface area contributed by atoms with Gasteiger partial charge in [-0.25, -0.2) is 0 Å². The predicted octanol–water partition coefficient (Wildman–Crippen LogP) is 16.7. The van der Waals surface area contributed by atoms with Gasteiger partial charge in [0.2, 0.25) is 0 Å². The van der Waals surface area contributed by atoms with Crippen LogP contribution >= 0.6 is 11.3 Å². The van der Waals surface area contributed by atoms with Crippen LogP contribution in [0.1, 0.15) is 22.3 Å². The molecule has 0 aliphatic heterocycles. The van der Waals surface area contributed by atoms with Crippen molar-refractivity contribution in [2.24, 2.45) is 0 Å². The van der Waals surface area contributed by atoms with Gasteiger partial charge in [0, 0.05) is 53.6 Å². The number of anilines is 3. The van der Waals surface area contributed by atoms with E-state index in [0.29, 0.717) is 0 Å². The van der Waals surface area contributed by atoms with E-state index in [0.717, 1.165) is 22.7 Å². The van der Waals surface area contributed by atoms with E-state index >= 15 is 0 Å². The quantitative estimate of drug-likeness (QED) is 0.155. The third-order valence-corrected chi connectivity index (χ3v) is 14.6. The van der Waals surface area contributed by atoms with Crippen LogP contribution in [0.3, 0.4) is 0 Å². The molecule has 0 saturated heterocycles. The smallest absolute Gasteiger partial charge is 0.0714 e. The monoisotopic (exact) mass is 832 g/mol. The van der Waals surface area contributed by atoms with Crippen molar-refractivity contribution in [2.75, 3.05) is 4.90 Å². The first-order valence-corrected chi connectivity index (χ1v) is 22.8. The summed E-state index contributed by atoms with van der Waals surface area (Å²) in [6, 6.07) is 89.6. The standard InChI is InChI=1S/C61H40N2S/c1-3-17-43(18-4-1)61(44-19-5-2-6-20-44)53-27-11-7-26-51(53)60-54(61)28-16-31-57(60)62(45-36-33-41(34-37-45)42-35-38-59-52(39-42)50-25-10-14-32-58(50)64-59)46-21-15-22-47(40-46)63-55-29-12-8-23-48(55)49-24-9-13-30-56(49)63/h1-40H. The van der Waals surface area contributed by atoms with E-state index in [9.17, 15) is 0 Å². The van der Waals surface area contributed by atoms with Crippen molar-refractivity contribution < 1.29 is 0 Å². The number of aromatic nitrogens is 1. The lowest BCUT2D eigenvalue weighted by atomic mass is 9.68. The van der Waals surface area contributed by atoms with Crippen molar-refractivity contribution >= 4 is 70.4 Å². The van der Waals surface area contributed by atoms with E-state index in [1.165, 1.54) is 86.5 Å². The first-order chi connectivity index (χ1) is 31.8.